The molecule has 0 radical (unpaired) electrons. The van der Waals surface area contributed by atoms with Crippen LogP contribution in [0.1, 0.15) is 65.2 Å². The molecule has 6 heteroatoms. The number of esters is 1. The third-order valence-corrected chi connectivity index (χ3v) is 3.73. The van der Waals surface area contributed by atoms with Crippen molar-refractivity contribution in [2.75, 3.05) is 59.5 Å². The highest BCUT2D eigenvalue weighted by molar-refractivity contribution is 5.69. The summed E-state index contributed by atoms with van der Waals surface area (Å²) in [5.41, 5.74) is 0. The summed E-state index contributed by atoms with van der Waals surface area (Å²) in [5.74, 6) is -0.128. The minimum Gasteiger partial charge on any atom is -0.463 e. The molecule has 0 unspecified atom stereocenters. The molecule has 6 nitrogen and oxygen atoms in total. The number of carbonyl (C=O) groups excluding carboxylic acids is 1. The topological polar surface area (TPSA) is 63.2 Å². The summed E-state index contributed by atoms with van der Waals surface area (Å²) >= 11 is 0. The molecule has 0 saturated carbocycles. The number of rotatable bonds is 21. The lowest BCUT2D eigenvalue weighted by Crippen LogP contribution is -2.14. The minimum atomic E-state index is -0.128. The second kappa shape index (κ2) is 22.4. The molecule has 0 aromatic carbocycles. The van der Waals surface area contributed by atoms with E-state index >= 15 is 0 Å². The monoisotopic (exact) mass is 376 g/mol. The molecule has 0 atom stereocenters. The Morgan fingerprint density at radius 3 is 1.54 bits per heavy atom. The van der Waals surface area contributed by atoms with Crippen LogP contribution in [0.4, 0.5) is 0 Å². The van der Waals surface area contributed by atoms with Crippen LogP contribution in [-0.4, -0.2) is 65.4 Å². The minimum absolute atomic E-state index is 0.128. The zero-order chi connectivity index (χ0) is 19.1. The van der Waals surface area contributed by atoms with Gasteiger partial charge in [-0.05, 0) is 12.8 Å². The van der Waals surface area contributed by atoms with Crippen molar-refractivity contribution in [1.29, 1.82) is 0 Å². The van der Waals surface area contributed by atoms with E-state index in [4.69, 9.17) is 23.7 Å². The van der Waals surface area contributed by atoms with Gasteiger partial charge in [-0.2, -0.15) is 0 Å². The highest BCUT2D eigenvalue weighted by Gasteiger charge is 2.02. The van der Waals surface area contributed by atoms with E-state index in [2.05, 4.69) is 13.8 Å². The average molecular weight is 377 g/mol. The quantitative estimate of drug-likeness (QED) is 0.224. The van der Waals surface area contributed by atoms with Gasteiger partial charge in [0.2, 0.25) is 0 Å². The Labute approximate surface area is 159 Å². The van der Waals surface area contributed by atoms with Crippen molar-refractivity contribution in [3.05, 3.63) is 0 Å². The van der Waals surface area contributed by atoms with Crippen molar-refractivity contribution in [3.63, 3.8) is 0 Å². The van der Waals surface area contributed by atoms with Crippen LogP contribution in [-0.2, 0) is 28.5 Å². The largest absolute Gasteiger partial charge is 0.463 e. The Kier molecular flexibility index (Phi) is 21.8. The van der Waals surface area contributed by atoms with E-state index in [0.29, 0.717) is 59.3 Å². The van der Waals surface area contributed by atoms with Gasteiger partial charge in [0.1, 0.15) is 6.61 Å². The Hall–Kier alpha value is -0.690. The first-order valence-electron chi connectivity index (χ1n) is 10.3. The fraction of sp³-hybridized carbons (Fsp3) is 0.950. The van der Waals surface area contributed by atoms with E-state index in [1.165, 1.54) is 19.3 Å². The number of ether oxygens (including phenoxy) is 5. The number of carbonyl (C=O) groups is 1. The van der Waals surface area contributed by atoms with Crippen LogP contribution >= 0.6 is 0 Å². The molecule has 0 aliphatic carbocycles. The van der Waals surface area contributed by atoms with Crippen molar-refractivity contribution in [1.82, 2.24) is 0 Å². The fourth-order valence-electron chi connectivity index (χ4n) is 2.17. The molecule has 26 heavy (non-hydrogen) atoms. The molecule has 0 saturated heterocycles. The molecule has 0 aromatic rings. The first-order valence-corrected chi connectivity index (χ1v) is 10.3. The molecule has 0 fully saturated rings. The summed E-state index contributed by atoms with van der Waals surface area (Å²) in [5, 5.41) is 0. The molecule has 0 rings (SSSR count). The highest BCUT2D eigenvalue weighted by Crippen LogP contribution is 2.05. The van der Waals surface area contributed by atoms with Crippen LogP contribution in [0.5, 0.6) is 0 Å². The first-order chi connectivity index (χ1) is 12.8. The molecular weight excluding hydrogens is 336 g/mol. The number of unbranched alkanes of at least 4 members (excludes halogenated alkanes) is 5. The van der Waals surface area contributed by atoms with Crippen molar-refractivity contribution < 1.29 is 28.5 Å². The van der Waals surface area contributed by atoms with Gasteiger partial charge in [0.05, 0.1) is 46.2 Å². The summed E-state index contributed by atoms with van der Waals surface area (Å²) in [6.45, 7) is 9.22. The average Bonchev–Trinajstić information content (AvgIpc) is 2.64. The van der Waals surface area contributed by atoms with Crippen LogP contribution in [0.2, 0.25) is 0 Å². The van der Waals surface area contributed by atoms with E-state index in [-0.39, 0.29) is 5.97 Å². The maximum Gasteiger partial charge on any atom is 0.305 e. The summed E-state index contributed by atoms with van der Waals surface area (Å²) in [4.78, 5) is 11.5. The fourth-order valence-corrected chi connectivity index (χ4v) is 2.17. The lowest BCUT2D eigenvalue weighted by molar-refractivity contribution is -0.145. The van der Waals surface area contributed by atoms with E-state index in [9.17, 15) is 4.79 Å². The van der Waals surface area contributed by atoms with E-state index in [0.717, 1.165) is 32.3 Å². The van der Waals surface area contributed by atoms with Crippen LogP contribution in [0.15, 0.2) is 0 Å². The SMILES string of the molecule is CCCCCCCC(=O)OCCOCCOCCOCCOCCCC. The second-order valence-electron chi connectivity index (χ2n) is 6.19. The molecular formula is C20H40O6. The van der Waals surface area contributed by atoms with E-state index in [1.54, 1.807) is 0 Å². The second-order valence-corrected chi connectivity index (χ2v) is 6.19. The Morgan fingerprint density at radius 2 is 1.00 bits per heavy atom. The Balaban J connectivity index is 3.09. The van der Waals surface area contributed by atoms with Gasteiger partial charge >= 0.3 is 5.97 Å². The molecule has 0 aliphatic heterocycles. The van der Waals surface area contributed by atoms with Gasteiger partial charge in [-0.15, -0.1) is 0 Å². The van der Waals surface area contributed by atoms with Crippen LogP contribution in [0.25, 0.3) is 0 Å². The molecule has 0 aliphatic rings. The molecule has 0 heterocycles. The van der Waals surface area contributed by atoms with Gasteiger partial charge in [0.15, 0.2) is 0 Å². The van der Waals surface area contributed by atoms with Crippen LogP contribution in [0.3, 0.4) is 0 Å². The third-order valence-electron chi connectivity index (χ3n) is 3.73. The lowest BCUT2D eigenvalue weighted by atomic mass is 10.1. The van der Waals surface area contributed by atoms with E-state index in [1.807, 2.05) is 0 Å². The molecule has 0 aromatic heterocycles. The predicted molar refractivity (Wildman–Crippen MR) is 103 cm³/mol. The van der Waals surface area contributed by atoms with Crippen LogP contribution in [0, 0.1) is 0 Å². The van der Waals surface area contributed by atoms with Crippen molar-refractivity contribution in [3.8, 4) is 0 Å². The molecule has 156 valence electrons. The highest BCUT2D eigenvalue weighted by atomic mass is 16.6. The predicted octanol–water partition coefficient (Wildman–Crippen LogP) is 3.76. The van der Waals surface area contributed by atoms with Crippen molar-refractivity contribution >= 4 is 5.97 Å². The van der Waals surface area contributed by atoms with Gasteiger partial charge in [0, 0.05) is 13.0 Å². The van der Waals surface area contributed by atoms with Crippen molar-refractivity contribution in [2.24, 2.45) is 0 Å². The number of hydrogen-bond donors (Lipinski definition) is 0. The molecule has 0 N–H and O–H groups in total. The molecule has 0 spiro atoms. The zero-order valence-corrected chi connectivity index (χ0v) is 17.0. The lowest BCUT2D eigenvalue weighted by Gasteiger charge is -2.08. The zero-order valence-electron chi connectivity index (χ0n) is 17.0. The Bertz CT molecular complexity index is 285. The van der Waals surface area contributed by atoms with Gasteiger partial charge in [-0.1, -0.05) is 46.0 Å². The van der Waals surface area contributed by atoms with Crippen LogP contribution < -0.4 is 0 Å². The summed E-state index contributed by atoms with van der Waals surface area (Å²) in [7, 11) is 0. The maximum absolute atomic E-state index is 11.5. The third kappa shape index (κ3) is 21.4. The summed E-state index contributed by atoms with van der Waals surface area (Å²) in [6, 6.07) is 0. The maximum atomic E-state index is 11.5. The Morgan fingerprint density at radius 1 is 0.538 bits per heavy atom. The van der Waals surface area contributed by atoms with Crippen molar-refractivity contribution in [2.45, 2.75) is 65.2 Å². The van der Waals surface area contributed by atoms with Gasteiger partial charge in [-0.3, -0.25) is 4.79 Å². The van der Waals surface area contributed by atoms with E-state index < -0.39 is 0 Å². The molecule has 0 bridgehead atoms. The summed E-state index contributed by atoms with van der Waals surface area (Å²) < 4.78 is 26.7. The molecule has 0 amide bonds. The van der Waals surface area contributed by atoms with Gasteiger partial charge < -0.3 is 23.7 Å². The normalized spacial score (nSPS) is 11.0. The van der Waals surface area contributed by atoms with Gasteiger partial charge in [0.25, 0.3) is 0 Å². The van der Waals surface area contributed by atoms with Gasteiger partial charge in [-0.25, -0.2) is 0 Å². The smallest absolute Gasteiger partial charge is 0.305 e. The summed E-state index contributed by atoms with van der Waals surface area (Å²) in [6.07, 6.45) is 8.44. The number of hydrogen-bond acceptors (Lipinski definition) is 6. The first kappa shape index (κ1) is 25.3. The standard InChI is InChI=1S/C20H40O6/c1-3-5-7-8-9-10-20(21)26-19-18-25-17-16-24-15-14-23-13-12-22-11-6-4-2/h3-19H2,1-2H3.